The van der Waals surface area contributed by atoms with Crippen LogP contribution in [0.2, 0.25) is 0 Å². The molecule has 0 bridgehead atoms. The first-order valence-corrected chi connectivity index (χ1v) is 7.19. The van der Waals surface area contributed by atoms with Gasteiger partial charge in [-0.15, -0.1) is 0 Å². The molecule has 0 atom stereocenters. The summed E-state index contributed by atoms with van der Waals surface area (Å²) in [6.45, 7) is 5.73. The molecule has 1 fully saturated rings. The van der Waals surface area contributed by atoms with Crippen molar-refractivity contribution >= 4 is 11.6 Å². The Labute approximate surface area is 115 Å². The third-order valence-electron chi connectivity index (χ3n) is 3.27. The Morgan fingerprint density at radius 3 is 2.74 bits per heavy atom. The normalized spacial score (nSPS) is 15.6. The van der Waals surface area contributed by atoms with Crippen LogP contribution in [0, 0.1) is 0 Å². The van der Waals surface area contributed by atoms with Crippen LogP contribution in [-0.2, 0) is 11.3 Å². The molecule has 0 saturated carbocycles. The number of aromatic nitrogens is 2. The minimum Gasteiger partial charge on any atom is -0.377 e. The van der Waals surface area contributed by atoms with E-state index in [9.17, 15) is 0 Å². The van der Waals surface area contributed by atoms with Gasteiger partial charge in [-0.25, -0.2) is 9.97 Å². The first-order valence-electron chi connectivity index (χ1n) is 7.19. The van der Waals surface area contributed by atoms with Crippen LogP contribution >= 0.6 is 0 Å². The Morgan fingerprint density at radius 2 is 2.05 bits per heavy atom. The van der Waals surface area contributed by atoms with Crippen molar-refractivity contribution in [2.24, 2.45) is 0 Å². The van der Waals surface area contributed by atoms with Crippen LogP contribution in [0.5, 0.6) is 0 Å². The molecule has 1 N–H and O–H groups in total. The van der Waals surface area contributed by atoms with E-state index in [0.717, 1.165) is 43.5 Å². The lowest BCUT2D eigenvalue weighted by molar-refractivity contribution is 0.178. The molecular weight excluding hydrogens is 240 g/mol. The van der Waals surface area contributed by atoms with Crippen molar-refractivity contribution < 1.29 is 4.74 Å². The second-order valence-corrected chi connectivity index (χ2v) is 4.94. The molecule has 2 heterocycles. The Balaban J connectivity index is 2.17. The van der Waals surface area contributed by atoms with Gasteiger partial charge in [-0.05, 0) is 25.7 Å². The minimum absolute atomic E-state index is 0.461. The van der Waals surface area contributed by atoms with Crippen LogP contribution in [0.3, 0.4) is 0 Å². The molecule has 0 amide bonds. The second-order valence-electron chi connectivity index (χ2n) is 4.94. The zero-order valence-corrected chi connectivity index (χ0v) is 12.0. The number of hydrogen-bond acceptors (Lipinski definition) is 5. The number of anilines is 2. The van der Waals surface area contributed by atoms with E-state index < -0.39 is 0 Å². The van der Waals surface area contributed by atoms with Gasteiger partial charge in [-0.2, -0.15) is 0 Å². The van der Waals surface area contributed by atoms with Gasteiger partial charge >= 0.3 is 0 Å². The van der Waals surface area contributed by atoms with E-state index in [4.69, 9.17) is 4.74 Å². The van der Waals surface area contributed by atoms with Gasteiger partial charge in [0.25, 0.3) is 0 Å². The number of nitrogens with zero attached hydrogens (tertiary/aromatic N) is 3. The molecule has 1 aromatic heterocycles. The Morgan fingerprint density at radius 1 is 1.26 bits per heavy atom. The summed E-state index contributed by atoms with van der Waals surface area (Å²) in [7, 11) is 1.68. The molecule has 2 rings (SSSR count). The molecule has 5 heteroatoms. The highest BCUT2D eigenvalue weighted by atomic mass is 16.5. The summed E-state index contributed by atoms with van der Waals surface area (Å²) in [5.74, 6) is 2.69. The molecule has 0 aromatic carbocycles. The number of piperidine rings is 1. The van der Waals surface area contributed by atoms with Crippen molar-refractivity contribution in [3.8, 4) is 0 Å². The highest BCUT2D eigenvalue weighted by molar-refractivity contribution is 5.49. The molecule has 19 heavy (non-hydrogen) atoms. The van der Waals surface area contributed by atoms with Crippen molar-refractivity contribution in [2.75, 3.05) is 37.0 Å². The average molecular weight is 264 g/mol. The lowest BCUT2D eigenvalue weighted by atomic mass is 10.1. The molecule has 1 aliphatic rings. The van der Waals surface area contributed by atoms with Gasteiger partial charge in [0.2, 0.25) is 0 Å². The van der Waals surface area contributed by atoms with E-state index in [1.165, 1.54) is 19.3 Å². The Kier molecular flexibility index (Phi) is 5.39. The summed E-state index contributed by atoms with van der Waals surface area (Å²) in [6.07, 6.45) is 4.92. The number of hydrogen-bond donors (Lipinski definition) is 1. The van der Waals surface area contributed by atoms with E-state index in [1.54, 1.807) is 7.11 Å². The van der Waals surface area contributed by atoms with Crippen LogP contribution in [-0.4, -0.2) is 36.7 Å². The zero-order chi connectivity index (χ0) is 13.5. The highest BCUT2D eigenvalue weighted by Crippen LogP contribution is 2.20. The third kappa shape index (κ3) is 4.06. The van der Waals surface area contributed by atoms with Crippen LogP contribution in [0.25, 0.3) is 0 Å². The van der Waals surface area contributed by atoms with Gasteiger partial charge in [0.15, 0.2) is 5.82 Å². The summed E-state index contributed by atoms with van der Waals surface area (Å²) in [5, 5.41) is 3.34. The van der Waals surface area contributed by atoms with Crippen LogP contribution in [0.4, 0.5) is 11.6 Å². The second kappa shape index (κ2) is 7.28. The predicted molar refractivity (Wildman–Crippen MR) is 77.6 cm³/mol. The Bertz CT molecular complexity index is 391. The monoisotopic (exact) mass is 264 g/mol. The highest BCUT2D eigenvalue weighted by Gasteiger charge is 2.14. The molecular formula is C14H24N4O. The third-order valence-corrected chi connectivity index (χ3v) is 3.27. The summed E-state index contributed by atoms with van der Waals surface area (Å²) in [5.41, 5.74) is 0. The van der Waals surface area contributed by atoms with Gasteiger partial charge in [0.1, 0.15) is 18.2 Å². The summed E-state index contributed by atoms with van der Waals surface area (Å²) in [6, 6.07) is 2.06. The molecule has 0 aliphatic carbocycles. The van der Waals surface area contributed by atoms with E-state index >= 15 is 0 Å². The molecule has 0 spiro atoms. The van der Waals surface area contributed by atoms with Gasteiger partial charge < -0.3 is 15.0 Å². The fourth-order valence-corrected chi connectivity index (χ4v) is 2.31. The maximum Gasteiger partial charge on any atom is 0.158 e. The van der Waals surface area contributed by atoms with Crippen molar-refractivity contribution in [3.63, 3.8) is 0 Å². The molecule has 1 aliphatic heterocycles. The topological polar surface area (TPSA) is 50.3 Å². The van der Waals surface area contributed by atoms with Gasteiger partial charge in [0, 0.05) is 32.8 Å². The summed E-state index contributed by atoms with van der Waals surface area (Å²) < 4.78 is 5.16. The quantitative estimate of drug-likeness (QED) is 0.855. The van der Waals surface area contributed by atoms with E-state index in [2.05, 4.69) is 33.2 Å². The number of methoxy groups -OCH3 is 1. The standard InChI is InChI=1S/C14H24N4O/c1-3-7-15-12-10-14(17-13(16-12)11-19-2)18-8-5-4-6-9-18/h10H,3-9,11H2,1-2H3,(H,15,16,17). The summed E-state index contributed by atoms with van der Waals surface area (Å²) in [4.78, 5) is 11.4. The maximum absolute atomic E-state index is 5.16. The lowest BCUT2D eigenvalue weighted by Gasteiger charge is -2.28. The molecule has 5 nitrogen and oxygen atoms in total. The predicted octanol–water partition coefficient (Wildman–Crippen LogP) is 2.44. The Hall–Kier alpha value is -1.36. The molecule has 0 unspecified atom stereocenters. The van der Waals surface area contributed by atoms with Gasteiger partial charge in [-0.1, -0.05) is 6.92 Å². The van der Waals surface area contributed by atoms with Crippen LogP contribution in [0.1, 0.15) is 38.4 Å². The average Bonchev–Trinajstić information content (AvgIpc) is 2.46. The number of rotatable bonds is 6. The zero-order valence-electron chi connectivity index (χ0n) is 12.0. The fraction of sp³-hybridized carbons (Fsp3) is 0.714. The van der Waals surface area contributed by atoms with Gasteiger partial charge in [0.05, 0.1) is 0 Å². The van der Waals surface area contributed by atoms with Crippen molar-refractivity contribution in [2.45, 2.75) is 39.2 Å². The van der Waals surface area contributed by atoms with Crippen molar-refractivity contribution in [1.82, 2.24) is 9.97 Å². The number of nitrogens with one attached hydrogen (secondary N) is 1. The van der Waals surface area contributed by atoms with E-state index in [-0.39, 0.29) is 0 Å². The largest absolute Gasteiger partial charge is 0.377 e. The number of ether oxygens (including phenoxy) is 1. The molecule has 106 valence electrons. The maximum atomic E-state index is 5.16. The van der Waals surface area contributed by atoms with Gasteiger partial charge in [-0.3, -0.25) is 0 Å². The first kappa shape index (κ1) is 14.1. The van der Waals surface area contributed by atoms with Crippen molar-refractivity contribution in [3.05, 3.63) is 11.9 Å². The van der Waals surface area contributed by atoms with E-state index in [0.29, 0.717) is 6.61 Å². The van der Waals surface area contributed by atoms with E-state index in [1.807, 2.05) is 0 Å². The van der Waals surface area contributed by atoms with Crippen molar-refractivity contribution in [1.29, 1.82) is 0 Å². The van der Waals surface area contributed by atoms with Crippen LogP contribution < -0.4 is 10.2 Å². The van der Waals surface area contributed by atoms with Crippen LogP contribution in [0.15, 0.2) is 6.07 Å². The molecule has 0 radical (unpaired) electrons. The fourth-order valence-electron chi connectivity index (χ4n) is 2.31. The lowest BCUT2D eigenvalue weighted by Crippen LogP contribution is -2.30. The molecule has 1 saturated heterocycles. The summed E-state index contributed by atoms with van der Waals surface area (Å²) >= 11 is 0. The minimum atomic E-state index is 0.461. The first-order chi connectivity index (χ1) is 9.33. The molecule has 1 aromatic rings. The SMILES string of the molecule is CCCNc1cc(N2CCCCC2)nc(COC)n1. The smallest absolute Gasteiger partial charge is 0.158 e.